The molecule has 0 amide bonds. The van der Waals surface area contributed by atoms with Gasteiger partial charge in [-0.1, -0.05) is 152 Å². The first-order valence-corrected chi connectivity index (χ1v) is 15.9. The molecule has 4 N–H and O–H groups in total. The molecule has 222 valence electrons. The van der Waals surface area contributed by atoms with Gasteiger partial charge >= 0.3 is 0 Å². The van der Waals surface area contributed by atoms with E-state index in [-0.39, 0.29) is 12.3 Å². The molecule has 8 aromatic rings. The van der Waals surface area contributed by atoms with Crippen molar-refractivity contribution in [2.45, 2.75) is 18.9 Å². The fourth-order valence-corrected chi connectivity index (χ4v) is 6.76. The molecule has 0 radical (unpaired) electrons. The first-order chi connectivity index (χ1) is 22.7. The highest BCUT2D eigenvalue weighted by Crippen LogP contribution is 2.37. The van der Waals surface area contributed by atoms with Crippen molar-refractivity contribution >= 4 is 43.1 Å². The van der Waals surface area contributed by atoms with E-state index in [9.17, 15) is 0 Å². The minimum Gasteiger partial charge on any atom is -0.312 e. The lowest BCUT2D eigenvalue weighted by atomic mass is 9.91. The molecule has 0 saturated heterocycles. The lowest BCUT2D eigenvalue weighted by Crippen LogP contribution is -2.40. The zero-order valence-electron chi connectivity index (χ0n) is 25.5. The zero-order valence-corrected chi connectivity index (χ0v) is 25.5. The van der Waals surface area contributed by atoms with Gasteiger partial charge in [-0.15, -0.1) is 0 Å². The lowest BCUT2D eigenvalue weighted by molar-refractivity contribution is 0.390. The quantitative estimate of drug-likeness (QED) is 0.0934. The third-order valence-corrected chi connectivity index (χ3v) is 9.13. The van der Waals surface area contributed by atoms with Crippen LogP contribution in [0.5, 0.6) is 0 Å². The fraction of sp³-hybridized carbons (Fsp3) is 0.0698. The molecule has 0 aliphatic carbocycles. The number of hydrogen-bond acceptors (Lipinski definition) is 3. The van der Waals surface area contributed by atoms with Gasteiger partial charge in [0.2, 0.25) is 0 Å². The minimum absolute atomic E-state index is 0.227. The van der Waals surface area contributed by atoms with Crippen LogP contribution in [0.15, 0.2) is 164 Å². The van der Waals surface area contributed by atoms with Gasteiger partial charge in [-0.05, 0) is 83.0 Å². The summed E-state index contributed by atoms with van der Waals surface area (Å²) < 4.78 is 0. The fourth-order valence-electron chi connectivity index (χ4n) is 6.76. The summed E-state index contributed by atoms with van der Waals surface area (Å²) in [5.41, 5.74) is 12.8. The highest BCUT2D eigenvalue weighted by atomic mass is 15.2. The van der Waals surface area contributed by atoms with Crippen molar-refractivity contribution < 1.29 is 0 Å². The molecule has 0 aliphatic rings. The van der Waals surface area contributed by atoms with Gasteiger partial charge in [0.05, 0.1) is 12.3 Å². The number of nitrogens with one attached hydrogen (secondary N) is 2. The topological polar surface area (TPSA) is 50.1 Å². The van der Waals surface area contributed by atoms with Gasteiger partial charge in [0.15, 0.2) is 0 Å². The van der Waals surface area contributed by atoms with E-state index in [1.165, 1.54) is 65.3 Å². The van der Waals surface area contributed by atoms with Gasteiger partial charge < -0.3 is 5.73 Å². The van der Waals surface area contributed by atoms with Crippen molar-refractivity contribution in [2.75, 3.05) is 0 Å². The van der Waals surface area contributed by atoms with Crippen LogP contribution in [0.4, 0.5) is 0 Å². The van der Waals surface area contributed by atoms with E-state index in [1.807, 2.05) is 18.2 Å². The number of nitrogens with two attached hydrogens (primary N) is 1. The predicted octanol–water partition coefficient (Wildman–Crippen LogP) is 10.0. The van der Waals surface area contributed by atoms with Gasteiger partial charge in [-0.3, -0.25) is 10.6 Å². The van der Waals surface area contributed by atoms with Crippen LogP contribution in [0.25, 0.3) is 54.2 Å². The molecule has 0 fully saturated rings. The summed E-state index contributed by atoms with van der Waals surface area (Å²) in [5, 5.41) is 17.5. The Kier molecular flexibility index (Phi) is 7.49. The SMILES string of the molecule is NC(NC(NCc1ccc(-c2ccc3ccccc3c2)cc1)c1c2ccccc2cc2ccc3ccccc3c12)c1ccccc1. The maximum Gasteiger partial charge on any atom is 0.0864 e. The number of benzene rings is 8. The van der Waals surface area contributed by atoms with E-state index in [2.05, 4.69) is 156 Å². The van der Waals surface area contributed by atoms with E-state index in [4.69, 9.17) is 5.73 Å². The van der Waals surface area contributed by atoms with Gasteiger partial charge in [-0.2, -0.15) is 0 Å². The molecule has 0 spiro atoms. The van der Waals surface area contributed by atoms with Crippen LogP contribution in [0, 0.1) is 0 Å². The van der Waals surface area contributed by atoms with Gasteiger partial charge in [0, 0.05) is 6.54 Å². The Labute approximate surface area is 269 Å². The van der Waals surface area contributed by atoms with Gasteiger partial charge in [0.1, 0.15) is 0 Å². The molecule has 3 nitrogen and oxygen atoms in total. The molecular weight excluding hydrogens is 558 g/mol. The van der Waals surface area contributed by atoms with E-state index in [0.29, 0.717) is 6.54 Å². The highest BCUT2D eigenvalue weighted by molar-refractivity contribution is 6.15. The third-order valence-electron chi connectivity index (χ3n) is 9.13. The molecule has 2 atom stereocenters. The highest BCUT2D eigenvalue weighted by Gasteiger charge is 2.22. The second kappa shape index (κ2) is 12.2. The van der Waals surface area contributed by atoms with Crippen molar-refractivity contribution in [3.05, 3.63) is 180 Å². The Bertz CT molecular complexity index is 2310. The Morgan fingerprint density at radius 1 is 0.478 bits per heavy atom. The molecule has 0 aliphatic heterocycles. The maximum absolute atomic E-state index is 6.88. The van der Waals surface area contributed by atoms with Crippen LogP contribution >= 0.6 is 0 Å². The number of fused-ring (bicyclic) bond motifs is 5. The average molecular weight is 594 g/mol. The molecule has 0 heterocycles. The van der Waals surface area contributed by atoms with E-state index in [0.717, 1.165) is 5.56 Å². The minimum atomic E-state index is -0.363. The second-order valence-electron chi connectivity index (χ2n) is 12.0. The molecule has 3 heteroatoms. The monoisotopic (exact) mass is 593 g/mol. The zero-order chi connectivity index (χ0) is 30.9. The van der Waals surface area contributed by atoms with E-state index < -0.39 is 0 Å². The summed E-state index contributed by atoms with van der Waals surface area (Å²) in [6, 6.07) is 58.4. The third kappa shape index (κ3) is 5.42. The van der Waals surface area contributed by atoms with Gasteiger partial charge in [0.25, 0.3) is 0 Å². The summed E-state index contributed by atoms with van der Waals surface area (Å²) in [7, 11) is 0. The van der Waals surface area contributed by atoms with Crippen molar-refractivity contribution in [3.63, 3.8) is 0 Å². The molecule has 0 saturated carbocycles. The van der Waals surface area contributed by atoms with Crippen LogP contribution in [-0.4, -0.2) is 0 Å². The summed E-state index contributed by atoms with van der Waals surface area (Å²) in [4.78, 5) is 0. The molecule has 0 aromatic heterocycles. The molecular formula is C43H35N3. The number of rotatable bonds is 8. The van der Waals surface area contributed by atoms with Crippen LogP contribution in [0.2, 0.25) is 0 Å². The van der Waals surface area contributed by atoms with E-state index in [1.54, 1.807) is 0 Å². The Balaban J connectivity index is 1.19. The smallest absolute Gasteiger partial charge is 0.0864 e. The Morgan fingerprint density at radius 3 is 1.89 bits per heavy atom. The summed E-state index contributed by atoms with van der Waals surface area (Å²) >= 11 is 0. The molecule has 8 rings (SSSR count). The summed E-state index contributed by atoms with van der Waals surface area (Å²) in [6.45, 7) is 0.673. The largest absolute Gasteiger partial charge is 0.312 e. The summed E-state index contributed by atoms with van der Waals surface area (Å²) in [5.74, 6) is 0. The molecule has 8 aromatic carbocycles. The average Bonchev–Trinajstić information content (AvgIpc) is 3.12. The van der Waals surface area contributed by atoms with Gasteiger partial charge in [-0.25, -0.2) is 0 Å². The Hall–Kier alpha value is -5.32. The molecule has 46 heavy (non-hydrogen) atoms. The first-order valence-electron chi connectivity index (χ1n) is 15.9. The maximum atomic E-state index is 6.88. The van der Waals surface area contributed by atoms with Crippen molar-refractivity contribution in [1.29, 1.82) is 0 Å². The number of hydrogen-bond donors (Lipinski definition) is 3. The molecule has 0 bridgehead atoms. The van der Waals surface area contributed by atoms with Crippen LogP contribution in [0.3, 0.4) is 0 Å². The van der Waals surface area contributed by atoms with E-state index >= 15 is 0 Å². The van der Waals surface area contributed by atoms with Crippen molar-refractivity contribution in [2.24, 2.45) is 5.73 Å². The second-order valence-corrected chi connectivity index (χ2v) is 12.0. The first kappa shape index (κ1) is 28.2. The predicted molar refractivity (Wildman–Crippen MR) is 194 cm³/mol. The molecule has 2 unspecified atom stereocenters. The van der Waals surface area contributed by atoms with Crippen LogP contribution in [-0.2, 0) is 6.54 Å². The van der Waals surface area contributed by atoms with Crippen LogP contribution in [0.1, 0.15) is 29.0 Å². The standard InChI is InChI=1S/C43H35N3/c44-42(33-12-2-1-3-13-33)46-43(45-28-29-18-20-31(21-19-29)35-24-22-30-10-4-5-14-34(30)26-35)41-39-17-9-7-15-36(39)27-37-25-23-32-11-6-8-16-38(32)40(37)41/h1-27,42-43,45-46H,28,44H2. The Morgan fingerprint density at radius 2 is 1.09 bits per heavy atom. The lowest BCUT2D eigenvalue weighted by Gasteiger charge is -2.28. The van der Waals surface area contributed by atoms with Crippen molar-refractivity contribution in [3.8, 4) is 11.1 Å². The van der Waals surface area contributed by atoms with Crippen molar-refractivity contribution in [1.82, 2.24) is 10.6 Å². The van der Waals surface area contributed by atoms with Crippen LogP contribution < -0.4 is 16.4 Å². The normalized spacial score (nSPS) is 13.0. The summed E-state index contributed by atoms with van der Waals surface area (Å²) in [6.07, 6.45) is -0.590.